The molecule has 15 heavy (non-hydrogen) atoms. The molecule has 1 atom stereocenters. The van der Waals surface area contributed by atoms with Crippen LogP contribution in [0.15, 0.2) is 0 Å². The first-order valence-corrected chi connectivity index (χ1v) is 5.77. The zero-order chi connectivity index (χ0) is 11.5. The molecule has 1 saturated carbocycles. The van der Waals surface area contributed by atoms with Gasteiger partial charge in [0.05, 0.1) is 5.92 Å². The lowest BCUT2D eigenvalue weighted by atomic mass is 9.77. The predicted octanol–water partition coefficient (Wildman–Crippen LogP) is 3.48. The second-order valence-corrected chi connectivity index (χ2v) is 4.61. The maximum Gasteiger partial charge on any atom is 0.391 e. The van der Waals surface area contributed by atoms with E-state index in [1.54, 1.807) is 0 Å². The minimum absolute atomic E-state index is 0.101. The van der Waals surface area contributed by atoms with E-state index in [0.29, 0.717) is 18.8 Å². The van der Waals surface area contributed by atoms with Gasteiger partial charge in [0.1, 0.15) is 0 Å². The fraction of sp³-hybridized carbons (Fsp3) is 1.00. The minimum Gasteiger partial charge on any atom is -0.327 e. The van der Waals surface area contributed by atoms with Crippen LogP contribution in [0.3, 0.4) is 0 Å². The van der Waals surface area contributed by atoms with Crippen LogP contribution in [0.5, 0.6) is 0 Å². The quantitative estimate of drug-likeness (QED) is 0.778. The highest BCUT2D eigenvalue weighted by molar-refractivity contribution is 4.82. The molecule has 0 bridgehead atoms. The second kappa shape index (κ2) is 5.19. The van der Waals surface area contributed by atoms with Crippen molar-refractivity contribution in [3.05, 3.63) is 0 Å². The number of nitrogens with two attached hydrogens (primary N) is 1. The van der Waals surface area contributed by atoms with E-state index in [0.717, 1.165) is 12.8 Å². The Hall–Kier alpha value is -0.250. The summed E-state index contributed by atoms with van der Waals surface area (Å²) < 4.78 is 37.2. The summed E-state index contributed by atoms with van der Waals surface area (Å²) >= 11 is 0. The van der Waals surface area contributed by atoms with Crippen molar-refractivity contribution in [1.29, 1.82) is 0 Å². The molecule has 2 N–H and O–H groups in total. The molecule has 1 aliphatic carbocycles. The highest BCUT2D eigenvalue weighted by atomic mass is 19.4. The van der Waals surface area contributed by atoms with Crippen molar-refractivity contribution < 1.29 is 13.2 Å². The molecule has 4 heteroatoms. The van der Waals surface area contributed by atoms with Crippen molar-refractivity contribution in [2.75, 3.05) is 0 Å². The molecule has 0 radical (unpaired) electrons. The van der Waals surface area contributed by atoms with Crippen LogP contribution < -0.4 is 5.73 Å². The van der Waals surface area contributed by atoms with Crippen molar-refractivity contribution in [3.63, 3.8) is 0 Å². The third-order valence-corrected chi connectivity index (χ3v) is 3.46. The van der Waals surface area contributed by atoms with Gasteiger partial charge < -0.3 is 5.73 Å². The van der Waals surface area contributed by atoms with E-state index in [-0.39, 0.29) is 18.9 Å². The molecule has 0 aliphatic heterocycles. The zero-order valence-electron chi connectivity index (χ0n) is 9.19. The Labute approximate surface area is 89.2 Å². The molecule has 1 fully saturated rings. The molecule has 1 aliphatic rings. The Morgan fingerprint density at radius 1 is 1.20 bits per heavy atom. The fourth-order valence-electron chi connectivity index (χ4n) is 2.44. The monoisotopic (exact) mass is 223 g/mol. The van der Waals surface area contributed by atoms with Gasteiger partial charge in [-0.2, -0.15) is 13.2 Å². The Kier molecular flexibility index (Phi) is 4.44. The van der Waals surface area contributed by atoms with E-state index in [2.05, 4.69) is 6.92 Å². The molecule has 90 valence electrons. The summed E-state index contributed by atoms with van der Waals surface area (Å²) in [5, 5.41) is 0. The molecule has 0 heterocycles. The van der Waals surface area contributed by atoms with Gasteiger partial charge in [-0.1, -0.05) is 13.3 Å². The molecule has 0 spiro atoms. The van der Waals surface area contributed by atoms with Crippen LogP contribution in [0.4, 0.5) is 13.2 Å². The lowest BCUT2D eigenvalue weighted by Gasteiger charge is -2.32. The summed E-state index contributed by atoms with van der Waals surface area (Å²) in [5.41, 5.74) is 5.93. The van der Waals surface area contributed by atoms with E-state index in [1.165, 1.54) is 0 Å². The standard InChI is InChI=1S/C11H20F3N/c1-2-3-10(15)8-4-6-9(7-5-8)11(12,13)14/h8-10H,2-7,15H2,1H3. The number of hydrogen-bond acceptors (Lipinski definition) is 1. The van der Waals surface area contributed by atoms with Crippen LogP contribution in [-0.4, -0.2) is 12.2 Å². The van der Waals surface area contributed by atoms with Gasteiger partial charge in [0, 0.05) is 6.04 Å². The Morgan fingerprint density at radius 3 is 2.13 bits per heavy atom. The van der Waals surface area contributed by atoms with Crippen LogP contribution in [0.1, 0.15) is 45.4 Å². The van der Waals surface area contributed by atoms with Gasteiger partial charge in [-0.05, 0) is 38.0 Å². The molecular weight excluding hydrogens is 203 g/mol. The Morgan fingerprint density at radius 2 is 1.73 bits per heavy atom. The van der Waals surface area contributed by atoms with Crippen molar-refractivity contribution in [2.45, 2.75) is 57.7 Å². The highest BCUT2D eigenvalue weighted by Gasteiger charge is 2.41. The molecule has 0 aromatic carbocycles. The van der Waals surface area contributed by atoms with Crippen LogP contribution in [0.25, 0.3) is 0 Å². The lowest BCUT2D eigenvalue weighted by Crippen LogP contribution is -2.36. The van der Waals surface area contributed by atoms with E-state index in [9.17, 15) is 13.2 Å². The molecule has 0 amide bonds. The van der Waals surface area contributed by atoms with Crippen molar-refractivity contribution in [1.82, 2.24) is 0 Å². The first-order chi connectivity index (χ1) is 6.95. The minimum atomic E-state index is -4.00. The normalized spacial score (nSPS) is 30.2. The highest BCUT2D eigenvalue weighted by Crippen LogP contribution is 2.40. The summed E-state index contributed by atoms with van der Waals surface area (Å²) in [7, 11) is 0. The van der Waals surface area contributed by atoms with Crippen LogP contribution in [-0.2, 0) is 0 Å². The van der Waals surface area contributed by atoms with Gasteiger partial charge in [0.25, 0.3) is 0 Å². The first-order valence-electron chi connectivity index (χ1n) is 5.77. The van der Waals surface area contributed by atoms with Crippen LogP contribution in [0.2, 0.25) is 0 Å². The average Bonchev–Trinajstić information content (AvgIpc) is 2.17. The Balaban J connectivity index is 2.36. The summed E-state index contributed by atoms with van der Waals surface area (Å²) in [5.74, 6) is -0.772. The van der Waals surface area contributed by atoms with Crippen molar-refractivity contribution in [3.8, 4) is 0 Å². The number of halogens is 3. The van der Waals surface area contributed by atoms with Crippen LogP contribution in [0, 0.1) is 11.8 Å². The average molecular weight is 223 g/mol. The van der Waals surface area contributed by atoms with E-state index in [4.69, 9.17) is 5.73 Å². The maximum atomic E-state index is 12.4. The number of hydrogen-bond donors (Lipinski definition) is 1. The van der Waals surface area contributed by atoms with Gasteiger partial charge in [0.2, 0.25) is 0 Å². The number of rotatable bonds is 3. The van der Waals surface area contributed by atoms with Crippen molar-refractivity contribution in [2.24, 2.45) is 17.6 Å². The van der Waals surface area contributed by atoms with E-state index < -0.39 is 12.1 Å². The third kappa shape index (κ3) is 3.67. The summed E-state index contributed by atoms with van der Waals surface area (Å²) in [6.45, 7) is 2.06. The molecule has 0 aromatic heterocycles. The Bertz CT molecular complexity index is 183. The predicted molar refractivity (Wildman–Crippen MR) is 54.4 cm³/mol. The first kappa shape index (κ1) is 12.8. The van der Waals surface area contributed by atoms with Gasteiger partial charge in [-0.25, -0.2) is 0 Å². The van der Waals surface area contributed by atoms with E-state index in [1.807, 2.05) is 0 Å². The molecule has 1 nitrogen and oxygen atoms in total. The second-order valence-electron chi connectivity index (χ2n) is 4.61. The largest absolute Gasteiger partial charge is 0.391 e. The van der Waals surface area contributed by atoms with Crippen molar-refractivity contribution >= 4 is 0 Å². The molecular formula is C11H20F3N. The summed E-state index contributed by atoms with van der Waals surface area (Å²) in [6, 6.07) is 0.101. The lowest BCUT2D eigenvalue weighted by molar-refractivity contribution is -0.184. The smallest absolute Gasteiger partial charge is 0.327 e. The maximum absolute atomic E-state index is 12.4. The van der Waals surface area contributed by atoms with Crippen LogP contribution >= 0.6 is 0 Å². The molecule has 1 unspecified atom stereocenters. The molecule has 0 aromatic rings. The fourth-order valence-corrected chi connectivity index (χ4v) is 2.44. The molecule has 0 saturated heterocycles. The topological polar surface area (TPSA) is 26.0 Å². The third-order valence-electron chi connectivity index (χ3n) is 3.46. The number of alkyl halides is 3. The van der Waals surface area contributed by atoms with E-state index >= 15 is 0 Å². The van der Waals surface area contributed by atoms with Gasteiger partial charge in [-0.3, -0.25) is 0 Å². The SMILES string of the molecule is CCCC(N)C1CCC(C(F)(F)F)CC1. The van der Waals surface area contributed by atoms with Gasteiger partial charge in [0.15, 0.2) is 0 Å². The van der Waals surface area contributed by atoms with Gasteiger partial charge in [-0.15, -0.1) is 0 Å². The summed E-state index contributed by atoms with van der Waals surface area (Å²) in [4.78, 5) is 0. The zero-order valence-corrected chi connectivity index (χ0v) is 9.19. The molecule has 1 rings (SSSR count). The van der Waals surface area contributed by atoms with Gasteiger partial charge >= 0.3 is 6.18 Å². The summed E-state index contributed by atoms with van der Waals surface area (Å²) in [6.07, 6.45) is -0.227.